The lowest BCUT2D eigenvalue weighted by molar-refractivity contribution is 0.146. The number of nitrogens with zero attached hydrogens (tertiary/aromatic N) is 1. The van der Waals surface area contributed by atoms with Gasteiger partial charge < -0.3 is 10.5 Å². The molecule has 100 valence electrons. The highest BCUT2D eigenvalue weighted by molar-refractivity contribution is 5.30. The van der Waals surface area contributed by atoms with Crippen LogP contribution in [0.2, 0.25) is 0 Å². The second-order valence-electron chi connectivity index (χ2n) is 5.17. The Hall–Kier alpha value is -1.06. The van der Waals surface area contributed by atoms with Gasteiger partial charge in [0.2, 0.25) is 0 Å². The molecule has 18 heavy (non-hydrogen) atoms. The quantitative estimate of drug-likeness (QED) is 0.890. The summed E-state index contributed by atoms with van der Waals surface area (Å²) in [5.74, 6) is 0.904. The summed E-state index contributed by atoms with van der Waals surface area (Å²) in [6.45, 7) is 4.43. The Kier molecular flexibility index (Phi) is 4.61. The lowest BCUT2D eigenvalue weighted by Gasteiger charge is -2.37. The lowest BCUT2D eigenvalue weighted by Crippen LogP contribution is -2.42. The van der Waals surface area contributed by atoms with Gasteiger partial charge >= 0.3 is 0 Å². The number of likely N-dealkylation sites (tertiary alicyclic amines) is 1. The topological polar surface area (TPSA) is 38.5 Å². The minimum Gasteiger partial charge on any atom is -0.497 e. The van der Waals surface area contributed by atoms with Crippen molar-refractivity contribution in [2.75, 3.05) is 20.2 Å². The number of ether oxygens (including phenoxy) is 1. The van der Waals surface area contributed by atoms with E-state index in [1.54, 1.807) is 7.11 Å². The number of piperidine rings is 1. The Morgan fingerprint density at radius 1 is 1.11 bits per heavy atom. The maximum Gasteiger partial charge on any atom is 0.118 e. The van der Waals surface area contributed by atoms with Gasteiger partial charge in [-0.25, -0.2) is 0 Å². The van der Waals surface area contributed by atoms with Crippen LogP contribution >= 0.6 is 0 Å². The molecule has 1 heterocycles. The molecular formula is C15H24N2O. The van der Waals surface area contributed by atoms with Crippen molar-refractivity contribution in [1.82, 2.24) is 4.90 Å². The number of hydrogen-bond acceptors (Lipinski definition) is 3. The molecule has 2 unspecified atom stereocenters. The van der Waals surface area contributed by atoms with Crippen molar-refractivity contribution in [3.05, 3.63) is 29.8 Å². The molecule has 0 radical (unpaired) electrons. The van der Waals surface area contributed by atoms with Gasteiger partial charge in [0.1, 0.15) is 5.75 Å². The van der Waals surface area contributed by atoms with Crippen molar-refractivity contribution in [2.24, 2.45) is 5.73 Å². The Morgan fingerprint density at radius 2 is 1.72 bits per heavy atom. The average Bonchev–Trinajstić information content (AvgIpc) is 2.40. The van der Waals surface area contributed by atoms with Gasteiger partial charge in [-0.1, -0.05) is 18.6 Å². The van der Waals surface area contributed by atoms with Crippen molar-refractivity contribution in [3.8, 4) is 5.75 Å². The zero-order valence-electron chi connectivity index (χ0n) is 11.4. The number of benzene rings is 1. The summed E-state index contributed by atoms with van der Waals surface area (Å²) in [6, 6.07) is 8.80. The van der Waals surface area contributed by atoms with Gasteiger partial charge in [-0.2, -0.15) is 0 Å². The second-order valence-corrected chi connectivity index (χ2v) is 5.17. The van der Waals surface area contributed by atoms with Crippen LogP contribution < -0.4 is 10.5 Å². The van der Waals surface area contributed by atoms with Crippen molar-refractivity contribution in [2.45, 2.75) is 38.3 Å². The van der Waals surface area contributed by atoms with Crippen LogP contribution in [-0.4, -0.2) is 31.1 Å². The SMILES string of the molecule is COc1ccc(C(C(C)N)N2CCCCC2)cc1. The molecule has 0 saturated carbocycles. The summed E-state index contributed by atoms with van der Waals surface area (Å²) < 4.78 is 5.21. The molecule has 1 saturated heterocycles. The third kappa shape index (κ3) is 3.03. The van der Waals surface area contributed by atoms with Gasteiger partial charge in [0.15, 0.2) is 0 Å². The van der Waals surface area contributed by atoms with Gasteiger partial charge in [0.05, 0.1) is 7.11 Å². The molecule has 2 rings (SSSR count). The highest BCUT2D eigenvalue weighted by Crippen LogP contribution is 2.28. The maximum atomic E-state index is 6.20. The van der Waals surface area contributed by atoms with Crippen LogP contribution in [0.4, 0.5) is 0 Å². The first kappa shape index (κ1) is 13.4. The van der Waals surface area contributed by atoms with E-state index in [1.165, 1.54) is 24.8 Å². The summed E-state index contributed by atoms with van der Waals surface area (Å²) in [4.78, 5) is 2.52. The largest absolute Gasteiger partial charge is 0.497 e. The molecule has 1 aliphatic heterocycles. The minimum absolute atomic E-state index is 0.150. The molecule has 3 heteroatoms. The van der Waals surface area contributed by atoms with Crippen molar-refractivity contribution < 1.29 is 4.74 Å². The summed E-state index contributed by atoms with van der Waals surface area (Å²) in [7, 11) is 1.70. The predicted octanol–water partition coefficient (Wildman–Crippen LogP) is 2.57. The first-order valence-electron chi connectivity index (χ1n) is 6.86. The molecule has 0 spiro atoms. The standard InChI is InChI=1S/C15H24N2O/c1-12(16)15(17-10-4-3-5-11-17)13-6-8-14(18-2)9-7-13/h6-9,12,15H,3-5,10-11,16H2,1-2H3. The molecule has 0 aromatic heterocycles. The predicted molar refractivity (Wildman–Crippen MR) is 74.8 cm³/mol. The number of methoxy groups -OCH3 is 1. The third-order valence-electron chi connectivity index (χ3n) is 3.74. The van der Waals surface area contributed by atoms with Crippen molar-refractivity contribution in [3.63, 3.8) is 0 Å². The summed E-state index contributed by atoms with van der Waals surface area (Å²) in [5, 5.41) is 0. The number of nitrogens with two attached hydrogens (primary N) is 1. The Morgan fingerprint density at radius 3 is 2.22 bits per heavy atom. The molecular weight excluding hydrogens is 224 g/mol. The van der Waals surface area contributed by atoms with E-state index in [-0.39, 0.29) is 6.04 Å². The van der Waals surface area contributed by atoms with E-state index in [4.69, 9.17) is 10.5 Å². The molecule has 1 aliphatic rings. The Balaban J connectivity index is 2.17. The first-order chi connectivity index (χ1) is 8.72. The molecule has 1 aromatic carbocycles. The zero-order valence-corrected chi connectivity index (χ0v) is 11.4. The molecule has 0 aliphatic carbocycles. The van der Waals surface area contributed by atoms with Crippen LogP contribution in [0.5, 0.6) is 5.75 Å². The second kappa shape index (κ2) is 6.21. The summed E-state index contributed by atoms with van der Waals surface area (Å²) in [6.07, 6.45) is 3.93. The van der Waals surface area contributed by atoms with Crippen molar-refractivity contribution >= 4 is 0 Å². The van der Waals surface area contributed by atoms with E-state index < -0.39 is 0 Å². The third-order valence-corrected chi connectivity index (χ3v) is 3.74. The highest BCUT2D eigenvalue weighted by Gasteiger charge is 2.25. The molecule has 3 nitrogen and oxygen atoms in total. The van der Waals surface area contributed by atoms with Crippen LogP contribution in [0.15, 0.2) is 24.3 Å². The molecule has 1 fully saturated rings. The molecule has 0 amide bonds. The average molecular weight is 248 g/mol. The highest BCUT2D eigenvalue weighted by atomic mass is 16.5. The van der Waals surface area contributed by atoms with Crippen LogP contribution in [0.25, 0.3) is 0 Å². The smallest absolute Gasteiger partial charge is 0.118 e. The minimum atomic E-state index is 0.150. The first-order valence-corrected chi connectivity index (χ1v) is 6.86. The number of rotatable bonds is 4. The molecule has 2 N–H and O–H groups in total. The van der Waals surface area contributed by atoms with Crippen LogP contribution in [-0.2, 0) is 0 Å². The normalized spacial score (nSPS) is 20.4. The Bertz CT molecular complexity index is 355. The van der Waals surface area contributed by atoms with E-state index in [1.807, 2.05) is 12.1 Å². The van der Waals surface area contributed by atoms with Crippen LogP contribution in [0.3, 0.4) is 0 Å². The van der Waals surface area contributed by atoms with E-state index in [0.717, 1.165) is 18.8 Å². The van der Waals surface area contributed by atoms with Crippen molar-refractivity contribution in [1.29, 1.82) is 0 Å². The fraction of sp³-hybridized carbons (Fsp3) is 0.600. The molecule has 0 bridgehead atoms. The van der Waals surface area contributed by atoms with Gasteiger partial charge in [-0.05, 0) is 50.6 Å². The lowest BCUT2D eigenvalue weighted by atomic mass is 9.96. The van der Waals surface area contributed by atoms with E-state index >= 15 is 0 Å². The van der Waals surface area contributed by atoms with Gasteiger partial charge in [-0.15, -0.1) is 0 Å². The molecule has 2 atom stereocenters. The van der Waals surface area contributed by atoms with Gasteiger partial charge in [0.25, 0.3) is 0 Å². The van der Waals surface area contributed by atoms with Gasteiger partial charge in [-0.3, -0.25) is 4.90 Å². The van der Waals surface area contributed by atoms with Crippen LogP contribution in [0.1, 0.15) is 37.8 Å². The zero-order chi connectivity index (χ0) is 13.0. The number of hydrogen-bond donors (Lipinski definition) is 1. The van der Waals surface area contributed by atoms with Gasteiger partial charge in [0, 0.05) is 12.1 Å². The maximum absolute atomic E-state index is 6.20. The van der Waals surface area contributed by atoms with Crippen LogP contribution in [0, 0.1) is 0 Å². The van der Waals surface area contributed by atoms with E-state index in [0.29, 0.717) is 6.04 Å². The Labute approximate surface area is 110 Å². The fourth-order valence-corrected chi connectivity index (χ4v) is 2.84. The summed E-state index contributed by atoms with van der Waals surface area (Å²) in [5.41, 5.74) is 7.50. The monoisotopic (exact) mass is 248 g/mol. The van der Waals surface area contributed by atoms with E-state index in [2.05, 4.69) is 24.0 Å². The summed E-state index contributed by atoms with van der Waals surface area (Å²) >= 11 is 0. The van der Waals surface area contributed by atoms with E-state index in [9.17, 15) is 0 Å². The fourth-order valence-electron chi connectivity index (χ4n) is 2.84. The molecule has 1 aromatic rings.